The van der Waals surface area contributed by atoms with E-state index < -0.39 is 5.97 Å². The predicted molar refractivity (Wildman–Crippen MR) is 118 cm³/mol. The first-order valence-electron chi connectivity index (χ1n) is 10.4. The van der Waals surface area contributed by atoms with Gasteiger partial charge < -0.3 is 10.1 Å². The highest BCUT2D eigenvalue weighted by Gasteiger charge is 2.18. The molecule has 162 valence electrons. The van der Waals surface area contributed by atoms with Gasteiger partial charge in [0.15, 0.2) is 5.69 Å². The molecule has 31 heavy (non-hydrogen) atoms. The maximum absolute atomic E-state index is 13.4. The standard InChI is InChI=1S/C24H26FN3O3/c1-4-7-16(3)23(29)26-19-9-6-8-17(14-19)22-15-21(24(30)31-5-2)27-28(22)20-12-10-18(25)11-13-20/h6,8-16H,4-5,7H2,1-3H3,(H,26,29)/t16-/m0/s1. The predicted octanol–water partition coefficient (Wildman–Crippen LogP) is 5.23. The molecular formula is C24H26FN3O3. The largest absolute Gasteiger partial charge is 0.461 e. The van der Waals surface area contributed by atoms with E-state index in [1.165, 1.54) is 12.1 Å². The number of aromatic nitrogens is 2. The van der Waals surface area contributed by atoms with Crippen molar-refractivity contribution < 1.29 is 18.7 Å². The maximum Gasteiger partial charge on any atom is 0.358 e. The summed E-state index contributed by atoms with van der Waals surface area (Å²) < 4.78 is 20.1. The third kappa shape index (κ3) is 5.36. The Morgan fingerprint density at radius 2 is 1.87 bits per heavy atom. The number of nitrogens with one attached hydrogen (secondary N) is 1. The molecule has 1 N–H and O–H groups in total. The normalized spacial score (nSPS) is 11.7. The summed E-state index contributed by atoms with van der Waals surface area (Å²) in [5, 5.41) is 7.32. The number of ether oxygens (including phenoxy) is 1. The second-order valence-corrected chi connectivity index (χ2v) is 7.28. The van der Waals surface area contributed by atoms with E-state index >= 15 is 0 Å². The number of amides is 1. The average molecular weight is 423 g/mol. The van der Waals surface area contributed by atoms with Gasteiger partial charge in [0.2, 0.25) is 5.91 Å². The molecule has 1 atom stereocenters. The molecule has 3 aromatic rings. The number of benzene rings is 2. The Morgan fingerprint density at radius 3 is 2.55 bits per heavy atom. The number of esters is 1. The van der Waals surface area contributed by atoms with Crippen molar-refractivity contribution in [2.75, 3.05) is 11.9 Å². The van der Waals surface area contributed by atoms with Crippen LogP contribution in [0.1, 0.15) is 44.1 Å². The number of carbonyl (C=O) groups is 2. The second kappa shape index (κ2) is 10.0. The van der Waals surface area contributed by atoms with Gasteiger partial charge in [-0.2, -0.15) is 5.10 Å². The van der Waals surface area contributed by atoms with Gasteiger partial charge in [-0.05, 0) is 55.8 Å². The topological polar surface area (TPSA) is 73.2 Å². The van der Waals surface area contributed by atoms with Crippen LogP contribution in [0.4, 0.5) is 10.1 Å². The van der Waals surface area contributed by atoms with Gasteiger partial charge in [0.25, 0.3) is 0 Å². The third-order valence-electron chi connectivity index (χ3n) is 4.86. The van der Waals surface area contributed by atoms with Gasteiger partial charge in [0, 0.05) is 17.2 Å². The molecule has 0 fully saturated rings. The highest BCUT2D eigenvalue weighted by atomic mass is 19.1. The van der Waals surface area contributed by atoms with Gasteiger partial charge in [-0.25, -0.2) is 13.9 Å². The summed E-state index contributed by atoms with van der Waals surface area (Å²) in [5.74, 6) is -1.04. The molecule has 1 amide bonds. The van der Waals surface area contributed by atoms with Crippen molar-refractivity contribution in [3.63, 3.8) is 0 Å². The molecule has 0 saturated carbocycles. The van der Waals surface area contributed by atoms with Gasteiger partial charge in [0.05, 0.1) is 18.0 Å². The molecular weight excluding hydrogens is 397 g/mol. The van der Waals surface area contributed by atoms with Crippen LogP contribution in [0.3, 0.4) is 0 Å². The van der Waals surface area contributed by atoms with Crippen molar-refractivity contribution in [3.05, 3.63) is 66.1 Å². The number of halogens is 1. The van der Waals surface area contributed by atoms with Crippen LogP contribution in [-0.4, -0.2) is 28.3 Å². The Morgan fingerprint density at radius 1 is 1.13 bits per heavy atom. The zero-order valence-electron chi connectivity index (χ0n) is 17.9. The molecule has 6 nitrogen and oxygen atoms in total. The maximum atomic E-state index is 13.4. The van der Waals surface area contributed by atoms with Crippen molar-refractivity contribution >= 4 is 17.6 Å². The monoisotopic (exact) mass is 423 g/mol. The summed E-state index contributed by atoms with van der Waals surface area (Å²) in [5.41, 5.74) is 2.75. The second-order valence-electron chi connectivity index (χ2n) is 7.28. The van der Waals surface area contributed by atoms with Crippen molar-refractivity contribution in [3.8, 4) is 16.9 Å². The van der Waals surface area contributed by atoms with E-state index in [2.05, 4.69) is 10.4 Å². The van der Waals surface area contributed by atoms with Crippen LogP contribution in [0.25, 0.3) is 16.9 Å². The zero-order chi connectivity index (χ0) is 22.4. The van der Waals surface area contributed by atoms with E-state index in [1.54, 1.807) is 29.8 Å². The van der Waals surface area contributed by atoms with Crippen molar-refractivity contribution in [1.29, 1.82) is 0 Å². The fourth-order valence-corrected chi connectivity index (χ4v) is 3.26. The summed E-state index contributed by atoms with van der Waals surface area (Å²) in [6.07, 6.45) is 1.74. The van der Waals surface area contributed by atoms with Crippen LogP contribution in [0.15, 0.2) is 54.6 Å². The molecule has 0 aliphatic rings. The van der Waals surface area contributed by atoms with Crippen LogP contribution in [0, 0.1) is 11.7 Å². The van der Waals surface area contributed by atoms with E-state index in [-0.39, 0.29) is 29.9 Å². The highest BCUT2D eigenvalue weighted by molar-refractivity contribution is 5.93. The van der Waals surface area contributed by atoms with Gasteiger partial charge >= 0.3 is 5.97 Å². The molecule has 3 rings (SSSR count). The first-order valence-corrected chi connectivity index (χ1v) is 10.4. The van der Waals surface area contributed by atoms with Crippen LogP contribution in [-0.2, 0) is 9.53 Å². The average Bonchev–Trinajstić information content (AvgIpc) is 3.20. The molecule has 1 heterocycles. The van der Waals surface area contributed by atoms with Gasteiger partial charge in [0.1, 0.15) is 5.82 Å². The Bertz CT molecular complexity index is 1060. The fraction of sp³-hybridized carbons (Fsp3) is 0.292. The van der Waals surface area contributed by atoms with E-state index in [0.717, 1.165) is 18.4 Å². The Kier molecular flexibility index (Phi) is 7.18. The fourth-order valence-electron chi connectivity index (χ4n) is 3.26. The van der Waals surface area contributed by atoms with E-state index in [0.29, 0.717) is 17.1 Å². The van der Waals surface area contributed by atoms with Gasteiger partial charge in [-0.3, -0.25) is 4.79 Å². The van der Waals surface area contributed by atoms with Crippen LogP contribution >= 0.6 is 0 Å². The number of hydrogen-bond acceptors (Lipinski definition) is 4. The molecule has 0 saturated heterocycles. The number of rotatable bonds is 8. The molecule has 0 aliphatic carbocycles. The number of nitrogens with zero attached hydrogens (tertiary/aromatic N) is 2. The summed E-state index contributed by atoms with van der Waals surface area (Å²) in [7, 11) is 0. The van der Waals surface area contributed by atoms with Gasteiger partial charge in [-0.15, -0.1) is 0 Å². The van der Waals surface area contributed by atoms with Crippen molar-refractivity contribution in [2.45, 2.75) is 33.6 Å². The molecule has 0 bridgehead atoms. The minimum absolute atomic E-state index is 0.0433. The minimum Gasteiger partial charge on any atom is -0.461 e. The number of hydrogen-bond donors (Lipinski definition) is 1. The number of carbonyl (C=O) groups excluding carboxylic acids is 2. The van der Waals surface area contributed by atoms with E-state index in [1.807, 2.05) is 38.1 Å². The molecule has 0 spiro atoms. The Balaban J connectivity index is 2.00. The summed E-state index contributed by atoms with van der Waals surface area (Å²) in [6, 6.07) is 14.8. The molecule has 2 aromatic carbocycles. The summed E-state index contributed by atoms with van der Waals surface area (Å²) in [6.45, 7) is 5.90. The molecule has 0 unspecified atom stereocenters. The lowest BCUT2D eigenvalue weighted by Gasteiger charge is -2.13. The zero-order valence-corrected chi connectivity index (χ0v) is 17.9. The van der Waals surface area contributed by atoms with E-state index in [4.69, 9.17) is 4.74 Å². The summed E-state index contributed by atoms with van der Waals surface area (Å²) >= 11 is 0. The van der Waals surface area contributed by atoms with Crippen LogP contribution in [0.2, 0.25) is 0 Å². The molecule has 1 aromatic heterocycles. The lowest BCUT2D eigenvalue weighted by Crippen LogP contribution is -2.20. The lowest BCUT2D eigenvalue weighted by molar-refractivity contribution is -0.119. The first kappa shape index (κ1) is 22.2. The lowest BCUT2D eigenvalue weighted by atomic mass is 10.0. The van der Waals surface area contributed by atoms with Crippen LogP contribution < -0.4 is 5.32 Å². The molecule has 0 radical (unpaired) electrons. The number of anilines is 1. The molecule has 7 heteroatoms. The molecule has 0 aliphatic heterocycles. The van der Waals surface area contributed by atoms with Crippen molar-refractivity contribution in [1.82, 2.24) is 9.78 Å². The summed E-state index contributed by atoms with van der Waals surface area (Å²) in [4.78, 5) is 24.7. The van der Waals surface area contributed by atoms with Crippen LogP contribution in [0.5, 0.6) is 0 Å². The minimum atomic E-state index is -0.539. The van der Waals surface area contributed by atoms with Crippen molar-refractivity contribution in [2.24, 2.45) is 5.92 Å². The van der Waals surface area contributed by atoms with E-state index in [9.17, 15) is 14.0 Å². The smallest absolute Gasteiger partial charge is 0.358 e. The SMILES string of the molecule is CCC[C@H](C)C(=O)Nc1cccc(-c2cc(C(=O)OCC)nn2-c2ccc(F)cc2)c1. The quantitative estimate of drug-likeness (QED) is 0.504. The Hall–Kier alpha value is -3.48. The first-order chi connectivity index (χ1) is 14.9. The highest BCUT2D eigenvalue weighted by Crippen LogP contribution is 2.27. The Labute approximate surface area is 181 Å². The van der Waals surface area contributed by atoms with Gasteiger partial charge in [-0.1, -0.05) is 32.4 Å². The third-order valence-corrected chi connectivity index (χ3v) is 4.86.